The number of nitrogens with zero attached hydrogens (tertiary/aromatic N) is 1. The maximum atomic E-state index is 12.3. The van der Waals surface area contributed by atoms with Crippen molar-refractivity contribution >= 4 is 13.5 Å². The average Bonchev–Trinajstić information content (AvgIpc) is 2.49. The number of hydrogen-bond acceptors (Lipinski definition) is 5. The van der Waals surface area contributed by atoms with Crippen LogP contribution in [0.2, 0.25) is 0 Å². The highest BCUT2D eigenvalue weighted by Crippen LogP contribution is 2.49. The average molecular weight is 325 g/mol. The van der Waals surface area contributed by atoms with Crippen LogP contribution in [0.1, 0.15) is 37.8 Å². The summed E-state index contributed by atoms with van der Waals surface area (Å²) < 4.78 is 27.5. The zero-order valence-corrected chi connectivity index (χ0v) is 14.3. The molecular weight excluding hydrogens is 301 g/mol. The van der Waals surface area contributed by atoms with Crippen LogP contribution in [0.5, 0.6) is 0 Å². The predicted molar refractivity (Wildman–Crippen MR) is 89.1 cm³/mol. The van der Waals surface area contributed by atoms with E-state index in [9.17, 15) is 4.57 Å². The summed E-state index contributed by atoms with van der Waals surface area (Å²) in [5.74, 6) is 0. The number of rotatable bonds is 10. The number of aryl methyl sites for hydroxylation is 1. The molecule has 0 saturated carbocycles. The fraction of sp³-hybridized carbons (Fsp3) is 0.438. The number of oxime groups is 1. The van der Waals surface area contributed by atoms with Gasteiger partial charge in [0.2, 0.25) is 0 Å². The van der Waals surface area contributed by atoms with Crippen molar-refractivity contribution in [2.24, 2.45) is 5.16 Å². The first-order valence-electron chi connectivity index (χ1n) is 7.37. The molecule has 0 aliphatic carbocycles. The molecule has 0 fully saturated rings. The topological polar surface area (TPSA) is 57.1 Å². The van der Waals surface area contributed by atoms with Crippen LogP contribution in [-0.4, -0.2) is 18.9 Å². The van der Waals surface area contributed by atoms with Gasteiger partial charge in [0, 0.05) is 0 Å². The zero-order chi connectivity index (χ0) is 16.4. The van der Waals surface area contributed by atoms with Gasteiger partial charge < -0.3 is 0 Å². The van der Waals surface area contributed by atoms with E-state index in [1.54, 1.807) is 19.9 Å². The minimum Gasteiger partial charge on any atom is -0.292 e. The van der Waals surface area contributed by atoms with Crippen LogP contribution in [0.3, 0.4) is 0 Å². The van der Waals surface area contributed by atoms with Crippen LogP contribution in [0.15, 0.2) is 42.1 Å². The van der Waals surface area contributed by atoms with Gasteiger partial charge in [-0.1, -0.05) is 41.1 Å². The van der Waals surface area contributed by atoms with Crippen LogP contribution in [0.25, 0.3) is 0 Å². The molecule has 0 aromatic heterocycles. The first-order valence-corrected chi connectivity index (χ1v) is 8.83. The minimum absolute atomic E-state index is 0.222. The van der Waals surface area contributed by atoms with Crippen molar-refractivity contribution in [2.75, 3.05) is 13.2 Å². The molecule has 0 heterocycles. The molecule has 0 radical (unpaired) electrons. The molecule has 1 rings (SSSR count). The number of phosphoric acid groups is 1. The number of allylic oxidation sites excluding steroid dienone is 1. The molecule has 0 unspecified atom stereocenters. The molecule has 1 aromatic rings. The number of hydrogen-bond donors (Lipinski definition) is 0. The Morgan fingerprint density at radius 1 is 1.23 bits per heavy atom. The molecule has 0 saturated heterocycles. The van der Waals surface area contributed by atoms with Crippen molar-refractivity contribution in [3.05, 3.63) is 48.0 Å². The SMILES string of the molecule is C=CCC/C(=N\OP(=O)(OCC)OCC)c1ccc(C)cc1. The van der Waals surface area contributed by atoms with E-state index in [0.717, 1.165) is 17.5 Å². The summed E-state index contributed by atoms with van der Waals surface area (Å²) in [5.41, 5.74) is 2.74. The van der Waals surface area contributed by atoms with Crippen LogP contribution in [0, 0.1) is 6.92 Å². The number of phosphoric ester groups is 1. The molecule has 0 N–H and O–H groups in total. The van der Waals surface area contributed by atoms with Gasteiger partial charge in [-0.05, 0) is 39.2 Å². The second-order valence-electron chi connectivity index (χ2n) is 4.60. The summed E-state index contributed by atoms with van der Waals surface area (Å²) in [6.45, 7) is 9.60. The van der Waals surface area contributed by atoms with E-state index in [4.69, 9.17) is 13.7 Å². The Balaban J connectivity index is 2.96. The maximum absolute atomic E-state index is 12.3. The lowest BCUT2D eigenvalue weighted by Crippen LogP contribution is -2.04. The van der Waals surface area contributed by atoms with Gasteiger partial charge in [-0.15, -0.1) is 6.58 Å². The van der Waals surface area contributed by atoms with E-state index in [0.29, 0.717) is 12.1 Å². The van der Waals surface area contributed by atoms with Gasteiger partial charge in [-0.3, -0.25) is 13.7 Å². The Hall–Kier alpha value is -1.42. The molecular formula is C16H24NO4P. The van der Waals surface area contributed by atoms with Crippen molar-refractivity contribution in [2.45, 2.75) is 33.6 Å². The normalized spacial score (nSPS) is 12.2. The summed E-state index contributed by atoms with van der Waals surface area (Å²) in [6.07, 6.45) is 3.17. The quantitative estimate of drug-likeness (QED) is 0.267. The molecule has 0 aliphatic rings. The Bertz CT molecular complexity index is 530. The molecule has 0 spiro atoms. The van der Waals surface area contributed by atoms with E-state index in [2.05, 4.69) is 11.7 Å². The van der Waals surface area contributed by atoms with Crippen molar-refractivity contribution in [3.8, 4) is 0 Å². The van der Waals surface area contributed by atoms with Gasteiger partial charge in [-0.2, -0.15) is 0 Å². The lowest BCUT2D eigenvalue weighted by molar-refractivity contribution is 0.125. The summed E-state index contributed by atoms with van der Waals surface area (Å²) in [4.78, 5) is 0. The second-order valence-corrected chi connectivity index (χ2v) is 6.17. The fourth-order valence-corrected chi connectivity index (χ4v) is 2.73. The van der Waals surface area contributed by atoms with Crippen molar-refractivity contribution in [1.29, 1.82) is 0 Å². The van der Waals surface area contributed by atoms with Crippen LogP contribution >= 0.6 is 7.82 Å². The van der Waals surface area contributed by atoms with Gasteiger partial charge in [0.1, 0.15) is 0 Å². The summed E-state index contributed by atoms with van der Waals surface area (Å²) in [5, 5.41) is 4.03. The van der Waals surface area contributed by atoms with Gasteiger partial charge in [0.25, 0.3) is 0 Å². The Morgan fingerprint density at radius 3 is 2.32 bits per heavy atom. The molecule has 6 heteroatoms. The van der Waals surface area contributed by atoms with Crippen molar-refractivity contribution in [1.82, 2.24) is 0 Å². The Labute approximate surface area is 132 Å². The molecule has 1 aromatic carbocycles. The van der Waals surface area contributed by atoms with Crippen molar-refractivity contribution < 1.29 is 18.2 Å². The molecule has 0 aliphatic heterocycles. The van der Waals surface area contributed by atoms with Gasteiger partial charge in [0.05, 0.1) is 18.9 Å². The second kappa shape index (κ2) is 9.57. The lowest BCUT2D eigenvalue weighted by atomic mass is 10.0. The van der Waals surface area contributed by atoms with E-state index in [1.165, 1.54) is 0 Å². The standard InChI is InChI=1S/C16H24NO4P/c1-5-8-9-16(15-12-10-14(4)11-13-15)17-21-22(18,19-6-2)20-7-3/h5,10-13H,1,6-9H2,2-4H3/b17-16+. The Morgan fingerprint density at radius 2 is 1.82 bits per heavy atom. The van der Waals surface area contributed by atoms with Gasteiger partial charge in [0.15, 0.2) is 0 Å². The minimum atomic E-state index is -3.65. The summed E-state index contributed by atoms with van der Waals surface area (Å²) in [6, 6.07) is 7.88. The molecule has 22 heavy (non-hydrogen) atoms. The third-order valence-corrected chi connectivity index (χ3v) is 4.23. The van der Waals surface area contributed by atoms with E-state index in [1.807, 2.05) is 31.2 Å². The smallest absolute Gasteiger partial charge is 0.292 e. The monoisotopic (exact) mass is 325 g/mol. The zero-order valence-electron chi connectivity index (χ0n) is 13.4. The Kier molecular flexibility index (Phi) is 8.10. The number of benzene rings is 1. The van der Waals surface area contributed by atoms with E-state index < -0.39 is 7.82 Å². The highest BCUT2D eigenvalue weighted by atomic mass is 31.2. The summed E-state index contributed by atoms with van der Waals surface area (Å²) >= 11 is 0. The largest absolute Gasteiger partial charge is 0.550 e. The van der Waals surface area contributed by atoms with E-state index >= 15 is 0 Å². The molecule has 0 bridgehead atoms. The summed E-state index contributed by atoms with van der Waals surface area (Å²) in [7, 11) is -3.65. The fourth-order valence-electron chi connectivity index (χ4n) is 1.73. The third kappa shape index (κ3) is 6.14. The molecule has 122 valence electrons. The molecule has 0 atom stereocenters. The first kappa shape index (κ1) is 18.6. The van der Waals surface area contributed by atoms with Crippen LogP contribution in [-0.2, 0) is 18.2 Å². The van der Waals surface area contributed by atoms with E-state index in [-0.39, 0.29) is 13.2 Å². The highest BCUT2D eigenvalue weighted by molar-refractivity contribution is 7.48. The lowest BCUT2D eigenvalue weighted by Gasteiger charge is -2.14. The van der Waals surface area contributed by atoms with Crippen LogP contribution < -0.4 is 0 Å². The van der Waals surface area contributed by atoms with Crippen LogP contribution in [0.4, 0.5) is 0 Å². The third-order valence-electron chi connectivity index (χ3n) is 2.80. The maximum Gasteiger partial charge on any atom is 0.550 e. The molecule has 0 amide bonds. The molecule has 5 nitrogen and oxygen atoms in total. The van der Waals surface area contributed by atoms with Gasteiger partial charge >= 0.3 is 7.82 Å². The first-order chi connectivity index (χ1) is 10.5. The predicted octanol–water partition coefficient (Wildman–Crippen LogP) is 4.86. The highest BCUT2D eigenvalue weighted by Gasteiger charge is 2.27. The van der Waals surface area contributed by atoms with Gasteiger partial charge in [-0.25, -0.2) is 4.57 Å². The van der Waals surface area contributed by atoms with Crippen molar-refractivity contribution in [3.63, 3.8) is 0 Å².